The molecule has 166 valence electrons. The first-order chi connectivity index (χ1) is 14.6. The van der Waals surface area contributed by atoms with E-state index in [1.807, 2.05) is 54.6 Å². The topological polar surface area (TPSA) is 72.5 Å². The molecular weight excluding hydrogens is 458 g/mol. The van der Waals surface area contributed by atoms with Crippen LogP contribution in [0.15, 0.2) is 59.1 Å². The van der Waals surface area contributed by atoms with Crippen LogP contribution in [0.2, 0.25) is 0 Å². The van der Waals surface area contributed by atoms with Crippen molar-refractivity contribution in [2.24, 2.45) is 5.92 Å². The Morgan fingerprint density at radius 3 is 2.23 bits per heavy atom. The van der Waals surface area contributed by atoms with Gasteiger partial charge in [0.2, 0.25) is 5.91 Å². The first kappa shape index (κ1) is 24.8. The summed E-state index contributed by atoms with van der Waals surface area (Å²) in [4.78, 5) is 37.4. The molecule has 1 N–H and O–H groups in total. The molecule has 5 nitrogen and oxygen atoms in total. The number of esters is 1. The minimum atomic E-state index is -0.559. The van der Waals surface area contributed by atoms with Crippen LogP contribution in [0.3, 0.4) is 0 Å². The number of Topliss-reactive ketones (excluding diaryl/α,β-unsaturated/α-hetero) is 1. The zero-order valence-electron chi connectivity index (χ0n) is 18.3. The average molecular weight is 488 g/mol. The van der Waals surface area contributed by atoms with Crippen LogP contribution in [0.4, 0.5) is 0 Å². The highest BCUT2D eigenvalue weighted by Gasteiger charge is 2.23. The van der Waals surface area contributed by atoms with Crippen molar-refractivity contribution in [1.29, 1.82) is 0 Å². The maximum Gasteiger partial charge on any atom is 0.308 e. The lowest BCUT2D eigenvalue weighted by Gasteiger charge is -2.20. The fourth-order valence-corrected chi connectivity index (χ4v) is 3.42. The Kier molecular flexibility index (Phi) is 9.44. The average Bonchev–Trinajstić information content (AvgIpc) is 2.68. The minimum absolute atomic E-state index is 0.00514. The highest BCUT2D eigenvalue weighted by molar-refractivity contribution is 9.10. The fourth-order valence-electron chi connectivity index (χ4n) is 3.16. The van der Waals surface area contributed by atoms with Gasteiger partial charge in [0, 0.05) is 29.8 Å². The monoisotopic (exact) mass is 487 g/mol. The summed E-state index contributed by atoms with van der Waals surface area (Å²) in [6, 6.07) is 17.2. The van der Waals surface area contributed by atoms with Gasteiger partial charge in [-0.1, -0.05) is 58.4 Å². The molecule has 0 saturated carbocycles. The summed E-state index contributed by atoms with van der Waals surface area (Å²) in [7, 11) is 0. The minimum Gasteiger partial charge on any atom is -0.460 e. The van der Waals surface area contributed by atoms with Gasteiger partial charge in [-0.15, -0.1) is 0 Å². The van der Waals surface area contributed by atoms with Gasteiger partial charge in [0.05, 0.1) is 6.42 Å². The lowest BCUT2D eigenvalue weighted by molar-refractivity contribution is -0.154. The van der Waals surface area contributed by atoms with E-state index in [2.05, 4.69) is 21.2 Å². The highest BCUT2D eigenvalue weighted by atomic mass is 79.9. The van der Waals surface area contributed by atoms with E-state index in [0.717, 1.165) is 15.6 Å². The van der Waals surface area contributed by atoms with Gasteiger partial charge in [0.1, 0.15) is 11.4 Å². The number of rotatable bonds is 10. The van der Waals surface area contributed by atoms with Gasteiger partial charge in [-0.25, -0.2) is 0 Å². The molecule has 6 heteroatoms. The third kappa shape index (κ3) is 9.92. The molecule has 0 fully saturated rings. The molecule has 1 amide bonds. The second-order valence-corrected chi connectivity index (χ2v) is 9.48. The summed E-state index contributed by atoms with van der Waals surface area (Å²) in [6.07, 6.45) is 0.978. The van der Waals surface area contributed by atoms with Crippen LogP contribution in [-0.2, 0) is 32.0 Å². The molecule has 0 aliphatic rings. The second kappa shape index (κ2) is 11.8. The Morgan fingerprint density at radius 1 is 0.968 bits per heavy atom. The van der Waals surface area contributed by atoms with Gasteiger partial charge in [0.15, 0.2) is 0 Å². The number of hydrogen-bond acceptors (Lipinski definition) is 4. The molecule has 2 rings (SSSR count). The van der Waals surface area contributed by atoms with E-state index in [4.69, 9.17) is 4.74 Å². The molecule has 0 aromatic heterocycles. The highest BCUT2D eigenvalue weighted by Crippen LogP contribution is 2.17. The predicted octanol–water partition coefficient (Wildman–Crippen LogP) is 4.66. The molecule has 0 aliphatic carbocycles. The zero-order chi connectivity index (χ0) is 22.9. The fraction of sp³-hybridized carbons (Fsp3) is 0.400. The first-order valence-electron chi connectivity index (χ1n) is 10.4. The molecule has 0 unspecified atom stereocenters. The summed E-state index contributed by atoms with van der Waals surface area (Å²) in [6.45, 7) is 5.59. The van der Waals surface area contributed by atoms with Crippen LogP contribution in [0.1, 0.15) is 44.7 Å². The van der Waals surface area contributed by atoms with E-state index in [1.54, 1.807) is 20.8 Å². The number of ether oxygens (including phenoxy) is 1. The number of halogens is 1. The number of nitrogens with one attached hydrogen (secondary N) is 1. The zero-order valence-corrected chi connectivity index (χ0v) is 19.9. The molecule has 31 heavy (non-hydrogen) atoms. The van der Waals surface area contributed by atoms with Crippen LogP contribution in [-0.4, -0.2) is 29.8 Å². The number of carbonyl (C=O) groups excluding carboxylic acids is 3. The quantitative estimate of drug-likeness (QED) is 0.494. The molecule has 0 heterocycles. The van der Waals surface area contributed by atoms with Crippen molar-refractivity contribution in [3.63, 3.8) is 0 Å². The molecular formula is C25H30BrNO4. The third-order valence-electron chi connectivity index (χ3n) is 4.53. The Morgan fingerprint density at radius 2 is 1.61 bits per heavy atom. The lowest BCUT2D eigenvalue weighted by atomic mass is 9.91. The van der Waals surface area contributed by atoms with E-state index in [9.17, 15) is 14.4 Å². The van der Waals surface area contributed by atoms with Gasteiger partial charge in [-0.2, -0.15) is 0 Å². The number of hydrogen-bond donors (Lipinski definition) is 1. The van der Waals surface area contributed by atoms with Crippen molar-refractivity contribution in [3.8, 4) is 0 Å². The Hall–Kier alpha value is -2.47. The Bertz CT molecular complexity index is 873. The number of benzene rings is 2. The summed E-state index contributed by atoms with van der Waals surface area (Å²) in [5.41, 5.74) is 1.35. The standard InChI is InChI=1S/C25H30BrNO4/c1-25(2,3)31-23(29)13-14-27-24(30)20(15-18-7-5-4-6-8-18)17-22(28)16-19-9-11-21(26)12-10-19/h4-12,20H,13-17H2,1-3H3,(H,27,30)/t20-/m1/s1. The van der Waals surface area contributed by atoms with Gasteiger partial charge in [-0.05, 0) is 50.5 Å². The van der Waals surface area contributed by atoms with Crippen molar-refractivity contribution in [2.45, 2.75) is 52.1 Å². The molecule has 0 aliphatic heterocycles. The molecule has 2 aromatic carbocycles. The van der Waals surface area contributed by atoms with Crippen LogP contribution in [0.5, 0.6) is 0 Å². The summed E-state index contributed by atoms with van der Waals surface area (Å²) in [5.74, 6) is -1.08. The van der Waals surface area contributed by atoms with E-state index in [0.29, 0.717) is 6.42 Å². The van der Waals surface area contributed by atoms with Crippen LogP contribution >= 0.6 is 15.9 Å². The molecule has 0 bridgehead atoms. The largest absolute Gasteiger partial charge is 0.460 e. The summed E-state index contributed by atoms with van der Waals surface area (Å²) in [5, 5.41) is 2.80. The predicted molar refractivity (Wildman–Crippen MR) is 125 cm³/mol. The third-order valence-corrected chi connectivity index (χ3v) is 5.06. The molecule has 2 aromatic rings. The van der Waals surface area contributed by atoms with Crippen molar-refractivity contribution in [3.05, 3.63) is 70.2 Å². The van der Waals surface area contributed by atoms with Gasteiger partial charge >= 0.3 is 5.97 Å². The molecule has 1 atom stereocenters. The first-order valence-corrected chi connectivity index (χ1v) is 11.2. The molecule has 0 saturated heterocycles. The number of carbonyl (C=O) groups is 3. The SMILES string of the molecule is CC(C)(C)OC(=O)CCNC(=O)[C@@H](CC(=O)Cc1ccc(Br)cc1)Cc1ccccc1. The van der Waals surface area contributed by atoms with Crippen molar-refractivity contribution in [1.82, 2.24) is 5.32 Å². The molecule has 0 spiro atoms. The van der Waals surface area contributed by atoms with E-state index in [1.165, 1.54) is 0 Å². The van der Waals surface area contributed by atoms with E-state index >= 15 is 0 Å². The lowest BCUT2D eigenvalue weighted by Crippen LogP contribution is -2.35. The normalized spacial score (nSPS) is 12.1. The Labute approximate surface area is 192 Å². The maximum absolute atomic E-state index is 12.8. The van der Waals surface area contributed by atoms with Crippen LogP contribution in [0, 0.1) is 5.92 Å². The second-order valence-electron chi connectivity index (χ2n) is 8.56. The van der Waals surface area contributed by atoms with Crippen molar-refractivity contribution >= 4 is 33.6 Å². The van der Waals surface area contributed by atoms with Crippen molar-refractivity contribution in [2.75, 3.05) is 6.54 Å². The number of amides is 1. The number of ketones is 1. The van der Waals surface area contributed by atoms with Gasteiger partial charge in [0.25, 0.3) is 0 Å². The smallest absolute Gasteiger partial charge is 0.308 e. The van der Waals surface area contributed by atoms with Crippen LogP contribution in [0.25, 0.3) is 0 Å². The van der Waals surface area contributed by atoms with Gasteiger partial charge < -0.3 is 10.1 Å². The van der Waals surface area contributed by atoms with Gasteiger partial charge in [-0.3, -0.25) is 14.4 Å². The summed E-state index contributed by atoms with van der Waals surface area (Å²) >= 11 is 3.39. The van der Waals surface area contributed by atoms with E-state index in [-0.39, 0.29) is 43.5 Å². The maximum atomic E-state index is 12.8. The molecule has 0 radical (unpaired) electrons. The Balaban J connectivity index is 1.96. The summed E-state index contributed by atoms with van der Waals surface area (Å²) < 4.78 is 6.22. The van der Waals surface area contributed by atoms with Crippen molar-refractivity contribution < 1.29 is 19.1 Å². The van der Waals surface area contributed by atoms with E-state index < -0.39 is 11.5 Å². The van der Waals surface area contributed by atoms with Crippen LogP contribution < -0.4 is 5.32 Å².